The first-order chi connectivity index (χ1) is 15.3. The molecule has 1 aromatic carbocycles. The smallest absolute Gasteiger partial charge is 0.255 e. The Hall–Kier alpha value is -3.35. The summed E-state index contributed by atoms with van der Waals surface area (Å²) < 4.78 is 7.22. The number of carbonyl (C=O) groups excluding carboxylic acids is 2. The van der Waals surface area contributed by atoms with Gasteiger partial charge in [-0.15, -0.1) is 0 Å². The molecule has 1 aliphatic rings. The van der Waals surface area contributed by atoms with Crippen molar-refractivity contribution in [3.05, 3.63) is 70.7 Å². The summed E-state index contributed by atoms with van der Waals surface area (Å²) in [6.07, 6.45) is 1.27. The molecule has 0 bridgehead atoms. The molecule has 3 aromatic rings. The number of benzene rings is 1. The van der Waals surface area contributed by atoms with Crippen molar-refractivity contribution < 1.29 is 14.1 Å². The summed E-state index contributed by atoms with van der Waals surface area (Å²) in [5.74, 6) is 0.920. The minimum absolute atomic E-state index is 0.0376. The Balaban J connectivity index is 1.42. The molecule has 1 saturated heterocycles. The molecule has 1 atom stereocenters. The van der Waals surface area contributed by atoms with E-state index in [1.807, 2.05) is 43.0 Å². The van der Waals surface area contributed by atoms with Crippen LogP contribution in [0, 0.1) is 26.7 Å². The molecule has 32 heavy (non-hydrogen) atoms. The van der Waals surface area contributed by atoms with Gasteiger partial charge in [0, 0.05) is 36.5 Å². The number of aromatic nitrogens is 2. The number of hydrogen-bond donors (Lipinski definition) is 1. The molecule has 1 N–H and O–H groups in total. The number of hydrogen-bond acceptors (Lipinski definition) is 4. The van der Waals surface area contributed by atoms with Crippen LogP contribution in [0.4, 0.5) is 5.82 Å². The molecule has 4 rings (SSSR count). The first-order valence-electron chi connectivity index (χ1n) is 11.1. The summed E-state index contributed by atoms with van der Waals surface area (Å²) >= 11 is 0. The fourth-order valence-corrected chi connectivity index (χ4v) is 4.64. The molecule has 7 heteroatoms. The average molecular weight is 435 g/mol. The van der Waals surface area contributed by atoms with Gasteiger partial charge in [-0.25, -0.2) is 0 Å². The fourth-order valence-electron chi connectivity index (χ4n) is 4.64. The molecule has 1 unspecified atom stereocenters. The summed E-state index contributed by atoms with van der Waals surface area (Å²) in [5, 5.41) is 6.62. The van der Waals surface area contributed by atoms with Gasteiger partial charge in [0.25, 0.3) is 5.91 Å². The molecule has 1 aliphatic heterocycles. The SMILES string of the molecule is Cc1cc(NC(=O)C2CCN(C(=O)c3cc(C)n(C(C)c4ccccc4)c3C)CC2)no1. The third-order valence-electron chi connectivity index (χ3n) is 6.42. The van der Waals surface area contributed by atoms with Gasteiger partial charge in [-0.1, -0.05) is 35.5 Å². The lowest BCUT2D eigenvalue weighted by molar-refractivity contribution is -0.121. The van der Waals surface area contributed by atoms with E-state index in [1.54, 1.807) is 13.0 Å². The Kier molecular flexibility index (Phi) is 6.17. The van der Waals surface area contributed by atoms with Crippen molar-refractivity contribution in [3.8, 4) is 0 Å². The van der Waals surface area contributed by atoms with Crippen LogP contribution < -0.4 is 5.32 Å². The van der Waals surface area contributed by atoms with Gasteiger partial charge < -0.3 is 19.3 Å². The highest BCUT2D eigenvalue weighted by Gasteiger charge is 2.30. The second kappa shape index (κ2) is 9.02. The Morgan fingerprint density at radius 1 is 1.09 bits per heavy atom. The summed E-state index contributed by atoms with van der Waals surface area (Å²) in [5.41, 5.74) is 4.00. The Bertz CT molecular complexity index is 1110. The molecule has 0 radical (unpaired) electrons. The van der Waals surface area contributed by atoms with E-state index in [9.17, 15) is 9.59 Å². The first-order valence-corrected chi connectivity index (χ1v) is 11.1. The quantitative estimate of drug-likeness (QED) is 0.641. The van der Waals surface area contributed by atoms with Crippen LogP contribution in [0.5, 0.6) is 0 Å². The Labute approximate surface area is 188 Å². The van der Waals surface area contributed by atoms with E-state index < -0.39 is 0 Å². The molecule has 2 aromatic heterocycles. The van der Waals surface area contributed by atoms with Gasteiger partial charge in [0.1, 0.15) is 5.76 Å². The number of piperidine rings is 1. The maximum absolute atomic E-state index is 13.3. The Morgan fingerprint density at radius 2 is 1.78 bits per heavy atom. The van der Waals surface area contributed by atoms with Gasteiger partial charge in [-0.2, -0.15) is 0 Å². The van der Waals surface area contributed by atoms with E-state index in [1.165, 1.54) is 5.56 Å². The lowest BCUT2D eigenvalue weighted by Crippen LogP contribution is -2.41. The zero-order valence-corrected chi connectivity index (χ0v) is 19.1. The molecular weight excluding hydrogens is 404 g/mol. The molecule has 7 nitrogen and oxygen atoms in total. The van der Waals surface area contributed by atoms with Gasteiger partial charge in [0.2, 0.25) is 5.91 Å². The summed E-state index contributed by atoms with van der Waals surface area (Å²) in [6.45, 7) is 9.12. The number of carbonyl (C=O) groups is 2. The van der Waals surface area contributed by atoms with Crippen molar-refractivity contribution in [3.63, 3.8) is 0 Å². The van der Waals surface area contributed by atoms with Crippen molar-refractivity contribution >= 4 is 17.6 Å². The van der Waals surface area contributed by atoms with Gasteiger partial charge in [-0.3, -0.25) is 9.59 Å². The molecule has 0 aliphatic carbocycles. The molecule has 0 spiro atoms. The van der Waals surface area contributed by atoms with Crippen LogP contribution in [0.1, 0.15) is 58.9 Å². The second-order valence-corrected chi connectivity index (χ2v) is 8.62. The van der Waals surface area contributed by atoms with Crippen molar-refractivity contribution in [2.45, 2.75) is 46.6 Å². The van der Waals surface area contributed by atoms with E-state index in [0.29, 0.717) is 37.5 Å². The highest BCUT2D eigenvalue weighted by atomic mass is 16.5. The average Bonchev–Trinajstić information content (AvgIpc) is 3.34. The van der Waals surface area contributed by atoms with Crippen LogP contribution in [0.2, 0.25) is 0 Å². The maximum Gasteiger partial charge on any atom is 0.255 e. The third-order valence-corrected chi connectivity index (χ3v) is 6.42. The fraction of sp³-hybridized carbons (Fsp3) is 0.400. The summed E-state index contributed by atoms with van der Waals surface area (Å²) in [4.78, 5) is 27.7. The minimum atomic E-state index is -0.137. The highest BCUT2D eigenvalue weighted by Crippen LogP contribution is 2.28. The zero-order chi connectivity index (χ0) is 22.8. The number of rotatable bonds is 5. The van der Waals surface area contributed by atoms with Crippen LogP contribution in [0.3, 0.4) is 0 Å². The molecule has 3 heterocycles. The van der Waals surface area contributed by atoms with Crippen molar-refractivity contribution in [2.75, 3.05) is 18.4 Å². The number of amides is 2. The van der Waals surface area contributed by atoms with Gasteiger partial charge in [0.15, 0.2) is 5.82 Å². The third kappa shape index (κ3) is 4.33. The molecule has 2 amide bonds. The lowest BCUT2D eigenvalue weighted by Gasteiger charge is -2.31. The van der Waals surface area contributed by atoms with Crippen LogP contribution in [-0.2, 0) is 4.79 Å². The highest BCUT2D eigenvalue weighted by molar-refractivity contribution is 5.96. The second-order valence-electron chi connectivity index (χ2n) is 8.62. The van der Waals surface area contributed by atoms with E-state index in [-0.39, 0.29) is 23.8 Å². The number of nitrogens with zero attached hydrogens (tertiary/aromatic N) is 3. The Morgan fingerprint density at radius 3 is 2.41 bits per heavy atom. The predicted octanol–water partition coefficient (Wildman–Crippen LogP) is 4.50. The minimum Gasteiger partial charge on any atom is -0.360 e. The van der Waals surface area contributed by atoms with E-state index in [0.717, 1.165) is 17.0 Å². The predicted molar refractivity (Wildman–Crippen MR) is 123 cm³/mol. The van der Waals surface area contributed by atoms with Crippen LogP contribution in [0.15, 0.2) is 47.0 Å². The van der Waals surface area contributed by atoms with E-state index in [4.69, 9.17) is 4.52 Å². The van der Waals surface area contributed by atoms with Crippen LogP contribution in [0.25, 0.3) is 0 Å². The van der Waals surface area contributed by atoms with Gasteiger partial charge in [-0.05, 0) is 52.2 Å². The number of nitrogens with one attached hydrogen (secondary N) is 1. The van der Waals surface area contributed by atoms with Crippen LogP contribution in [-0.4, -0.2) is 39.5 Å². The standard InChI is InChI=1S/C25H30N4O3/c1-16-14-22(19(4)29(16)18(3)20-8-6-5-7-9-20)25(31)28-12-10-21(11-13-28)24(30)26-23-15-17(2)32-27-23/h5-9,14-15,18,21H,10-13H2,1-4H3,(H,26,27,30). The van der Waals surface area contributed by atoms with Gasteiger partial charge >= 0.3 is 0 Å². The van der Waals surface area contributed by atoms with Crippen molar-refractivity contribution in [2.24, 2.45) is 5.92 Å². The number of likely N-dealkylation sites (tertiary alicyclic amines) is 1. The topological polar surface area (TPSA) is 80.4 Å². The van der Waals surface area contributed by atoms with Gasteiger partial charge in [0.05, 0.1) is 11.6 Å². The van der Waals surface area contributed by atoms with E-state index in [2.05, 4.69) is 34.1 Å². The zero-order valence-electron chi connectivity index (χ0n) is 19.1. The van der Waals surface area contributed by atoms with E-state index >= 15 is 0 Å². The molecular formula is C25H30N4O3. The lowest BCUT2D eigenvalue weighted by atomic mass is 9.95. The van der Waals surface area contributed by atoms with Crippen molar-refractivity contribution in [1.82, 2.24) is 14.6 Å². The molecule has 168 valence electrons. The molecule has 0 saturated carbocycles. The normalized spacial score (nSPS) is 15.6. The van der Waals surface area contributed by atoms with Crippen molar-refractivity contribution in [1.29, 1.82) is 0 Å². The first kappa shape index (κ1) is 21.9. The maximum atomic E-state index is 13.3. The summed E-state index contributed by atoms with van der Waals surface area (Å²) in [7, 11) is 0. The number of aryl methyl sites for hydroxylation is 2. The summed E-state index contributed by atoms with van der Waals surface area (Å²) in [6, 6.07) is 14.1. The largest absolute Gasteiger partial charge is 0.360 e. The monoisotopic (exact) mass is 434 g/mol. The van der Waals surface area contributed by atoms with Crippen LogP contribution >= 0.6 is 0 Å². The molecule has 1 fully saturated rings. The number of anilines is 1.